The molecule has 8 heteroatoms. The lowest BCUT2D eigenvalue weighted by Gasteiger charge is -2.52. The molecule has 0 amide bonds. The van der Waals surface area contributed by atoms with Crippen LogP contribution in [-0.4, -0.2) is 45.6 Å². The second kappa shape index (κ2) is 10.7. The molecule has 4 saturated carbocycles. The Balaban J connectivity index is 0.993. The van der Waals surface area contributed by atoms with Gasteiger partial charge in [-0.3, -0.25) is 4.79 Å². The summed E-state index contributed by atoms with van der Waals surface area (Å²) >= 11 is 0. The van der Waals surface area contributed by atoms with Crippen LogP contribution in [0.1, 0.15) is 76.3 Å². The van der Waals surface area contributed by atoms with Crippen LogP contribution in [0.25, 0.3) is 16.8 Å². The molecule has 1 saturated heterocycles. The van der Waals surface area contributed by atoms with E-state index in [0.29, 0.717) is 54.1 Å². The number of ether oxygens (including phenoxy) is 1. The quantitative estimate of drug-likeness (QED) is 0.332. The summed E-state index contributed by atoms with van der Waals surface area (Å²) in [5.74, 6) is 3.46. The third kappa shape index (κ3) is 4.77. The van der Waals surface area contributed by atoms with E-state index in [1.165, 1.54) is 25.0 Å². The predicted molar refractivity (Wildman–Crippen MR) is 171 cm³/mol. The molecule has 2 atom stereocenters. The van der Waals surface area contributed by atoms with Gasteiger partial charge >= 0.3 is 0 Å². The number of anilines is 1. The third-order valence-electron chi connectivity index (χ3n) is 11.2. The second-order valence-electron chi connectivity index (χ2n) is 14.5. The van der Waals surface area contributed by atoms with E-state index in [0.717, 1.165) is 71.8 Å². The number of fused-ring (bicyclic) bond motifs is 3. The minimum atomic E-state index is -0.139. The Labute approximate surface area is 258 Å². The van der Waals surface area contributed by atoms with E-state index in [9.17, 15) is 10.1 Å². The Bertz CT molecular complexity index is 1720. The third-order valence-corrected chi connectivity index (χ3v) is 11.2. The Hall–Kier alpha value is -3.83. The molecule has 4 heterocycles. The van der Waals surface area contributed by atoms with Gasteiger partial charge in [-0.05, 0) is 81.0 Å². The van der Waals surface area contributed by atoms with Gasteiger partial charge in [-0.15, -0.1) is 0 Å². The lowest BCUT2D eigenvalue weighted by atomic mass is 9.51. The van der Waals surface area contributed by atoms with E-state index >= 15 is 0 Å². The maximum atomic E-state index is 13.5. The van der Waals surface area contributed by atoms with E-state index in [-0.39, 0.29) is 5.54 Å². The van der Waals surface area contributed by atoms with Gasteiger partial charge in [0.15, 0.2) is 0 Å². The molecule has 2 bridgehead atoms. The molecule has 2 unspecified atom stereocenters. The van der Waals surface area contributed by atoms with Gasteiger partial charge in [0.2, 0.25) is 0 Å². The minimum Gasteiger partial charge on any atom is -0.376 e. The average Bonchev–Trinajstić information content (AvgIpc) is 3.68. The molecule has 1 N–H and O–H groups in total. The lowest BCUT2D eigenvalue weighted by Crippen LogP contribution is -2.53. The van der Waals surface area contributed by atoms with Crippen molar-refractivity contribution in [2.24, 2.45) is 45.7 Å². The monoisotopic (exact) mass is 588 g/mol. The molecule has 2 aliphatic heterocycles. The number of nitriles is 1. The summed E-state index contributed by atoms with van der Waals surface area (Å²) in [6.45, 7) is 5.82. The molecule has 8 nitrogen and oxygen atoms in total. The number of nitrogens with one attached hydrogen (secondary N) is 1. The SMILES string of the molecule is CC1CCC(C(=O)C2C3CC(C4=NN=C(c5ccc(-c6ccc7cc(C#N)cnn67)cc5NC5(C)COC5)C4)CC2C3)CC1. The zero-order valence-corrected chi connectivity index (χ0v) is 25.6. The van der Waals surface area contributed by atoms with Crippen molar-refractivity contribution in [1.82, 2.24) is 9.61 Å². The average molecular weight is 589 g/mol. The van der Waals surface area contributed by atoms with Gasteiger partial charge in [-0.1, -0.05) is 31.9 Å². The number of hydrogen-bond acceptors (Lipinski definition) is 7. The zero-order chi connectivity index (χ0) is 30.0. The molecule has 0 radical (unpaired) electrons. The van der Waals surface area contributed by atoms with Crippen molar-refractivity contribution in [3.63, 3.8) is 0 Å². The molecular weight excluding hydrogens is 548 g/mol. The highest BCUT2D eigenvalue weighted by molar-refractivity contribution is 6.18. The van der Waals surface area contributed by atoms with Gasteiger partial charge in [0.05, 0.1) is 47.4 Å². The second-order valence-corrected chi connectivity index (χ2v) is 14.5. The standard InChI is InChI=1S/C36H40N6O2/c1-21-3-5-23(6-4-21)35(43)34-26-12-25(13-27(34)14-26)30-16-32(41-40-30)29-9-7-24(15-31(29)39-36(2)19-44-20-36)33-10-8-28-11-22(17-37)18-38-42(28)33/h7-11,15,18,21,23,25-27,34,39H,3-6,12-14,16,19-20H2,1-2H3. The molecule has 3 aromatic rings. The number of ketones is 1. The number of rotatable bonds is 7. The first-order valence-electron chi connectivity index (χ1n) is 16.4. The molecule has 4 aliphatic carbocycles. The summed E-state index contributed by atoms with van der Waals surface area (Å²) in [6.07, 6.45) is 10.4. The van der Waals surface area contributed by atoms with Crippen LogP contribution in [0.4, 0.5) is 5.69 Å². The molecule has 0 spiro atoms. The molecule has 5 fully saturated rings. The lowest BCUT2D eigenvalue weighted by molar-refractivity contribution is -0.142. The minimum absolute atomic E-state index is 0.139. The number of aromatic nitrogens is 2. The maximum Gasteiger partial charge on any atom is 0.139 e. The topological polar surface area (TPSA) is 104 Å². The van der Waals surface area contributed by atoms with E-state index in [1.807, 2.05) is 22.7 Å². The Morgan fingerprint density at radius 1 is 1.05 bits per heavy atom. The van der Waals surface area contributed by atoms with Gasteiger partial charge in [0, 0.05) is 46.7 Å². The van der Waals surface area contributed by atoms with Crippen molar-refractivity contribution in [3.8, 4) is 17.3 Å². The normalized spacial score (nSPS) is 30.5. The van der Waals surface area contributed by atoms with Gasteiger partial charge in [-0.25, -0.2) is 4.52 Å². The van der Waals surface area contributed by atoms with Crippen molar-refractivity contribution in [2.45, 2.75) is 70.8 Å². The van der Waals surface area contributed by atoms with Crippen molar-refractivity contribution in [1.29, 1.82) is 5.26 Å². The molecule has 44 heavy (non-hydrogen) atoms. The van der Waals surface area contributed by atoms with Crippen molar-refractivity contribution < 1.29 is 9.53 Å². The number of benzene rings is 1. The molecule has 226 valence electrons. The van der Waals surface area contributed by atoms with Crippen molar-refractivity contribution >= 4 is 28.4 Å². The molecule has 6 aliphatic rings. The Morgan fingerprint density at radius 3 is 2.57 bits per heavy atom. The van der Waals surface area contributed by atoms with Crippen molar-refractivity contribution in [2.75, 3.05) is 18.5 Å². The van der Waals surface area contributed by atoms with Crippen LogP contribution < -0.4 is 5.32 Å². The van der Waals surface area contributed by atoms with Crippen LogP contribution in [0, 0.1) is 46.8 Å². The summed E-state index contributed by atoms with van der Waals surface area (Å²) in [7, 11) is 0. The smallest absolute Gasteiger partial charge is 0.139 e. The summed E-state index contributed by atoms with van der Waals surface area (Å²) in [5.41, 5.74) is 7.57. The Morgan fingerprint density at radius 2 is 1.84 bits per heavy atom. The number of carbonyl (C=O) groups excluding carboxylic acids is 1. The van der Waals surface area contributed by atoms with Gasteiger partial charge in [0.1, 0.15) is 11.9 Å². The maximum absolute atomic E-state index is 13.5. The predicted octanol–water partition coefficient (Wildman–Crippen LogP) is 6.68. The van der Waals surface area contributed by atoms with Crippen LogP contribution in [0.3, 0.4) is 0 Å². The first kappa shape index (κ1) is 27.7. The van der Waals surface area contributed by atoms with Crippen LogP contribution in [0.2, 0.25) is 0 Å². The number of Topliss-reactive ketones (excluding diaryl/α,β-unsaturated/α-hetero) is 1. The van der Waals surface area contributed by atoms with E-state index in [4.69, 9.17) is 14.9 Å². The highest BCUT2D eigenvalue weighted by Gasteiger charge is 2.52. The number of nitrogens with zero attached hydrogens (tertiary/aromatic N) is 5. The summed E-state index contributed by atoms with van der Waals surface area (Å²) in [4.78, 5) is 13.5. The van der Waals surface area contributed by atoms with Crippen LogP contribution in [0.5, 0.6) is 0 Å². The van der Waals surface area contributed by atoms with Gasteiger partial charge in [-0.2, -0.15) is 20.6 Å². The fraction of sp³-hybridized carbons (Fsp3) is 0.528. The van der Waals surface area contributed by atoms with Crippen LogP contribution >= 0.6 is 0 Å². The summed E-state index contributed by atoms with van der Waals surface area (Å²) in [6, 6.07) is 14.5. The highest BCUT2D eigenvalue weighted by Crippen LogP contribution is 2.55. The fourth-order valence-electron chi connectivity index (χ4n) is 8.62. The van der Waals surface area contributed by atoms with Crippen molar-refractivity contribution in [3.05, 3.63) is 53.7 Å². The molecular formula is C36H40N6O2. The van der Waals surface area contributed by atoms with Crippen LogP contribution in [0.15, 0.2) is 52.8 Å². The van der Waals surface area contributed by atoms with Gasteiger partial charge in [0.25, 0.3) is 0 Å². The summed E-state index contributed by atoms with van der Waals surface area (Å²) in [5, 5.41) is 27.1. The zero-order valence-electron chi connectivity index (χ0n) is 25.6. The van der Waals surface area contributed by atoms with E-state index < -0.39 is 0 Å². The first-order valence-corrected chi connectivity index (χ1v) is 16.4. The Kier molecular flexibility index (Phi) is 6.71. The molecule has 9 rings (SSSR count). The van der Waals surface area contributed by atoms with E-state index in [2.05, 4.69) is 48.5 Å². The fourth-order valence-corrected chi connectivity index (χ4v) is 8.62. The molecule has 1 aromatic carbocycles. The van der Waals surface area contributed by atoms with Gasteiger partial charge < -0.3 is 10.1 Å². The summed E-state index contributed by atoms with van der Waals surface area (Å²) < 4.78 is 7.44. The first-order chi connectivity index (χ1) is 21.4. The molecule has 2 aromatic heterocycles. The largest absolute Gasteiger partial charge is 0.376 e. The number of hydrogen-bond donors (Lipinski definition) is 1. The number of carbonyl (C=O) groups is 1. The highest BCUT2D eigenvalue weighted by atomic mass is 16.5. The van der Waals surface area contributed by atoms with Crippen LogP contribution in [-0.2, 0) is 9.53 Å². The van der Waals surface area contributed by atoms with E-state index in [1.54, 1.807) is 6.20 Å².